The average molecular weight is 507 g/mol. The lowest BCUT2D eigenvalue weighted by Crippen LogP contribution is -2.41. The minimum Gasteiger partial charge on any atom is -0.479 e. The molecule has 11 nitrogen and oxygen atoms in total. The Bertz CT molecular complexity index is 1180. The van der Waals surface area contributed by atoms with E-state index in [1.807, 2.05) is 0 Å². The lowest BCUT2D eigenvalue weighted by atomic mass is 10.1. The number of nitrogens with zero attached hydrogens (tertiary/aromatic N) is 2. The molecule has 188 valence electrons. The van der Waals surface area contributed by atoms with Gasteiger partial charge in [0.25, 0.3) is 5.91 Å². The summed E-state index contributed by atoms with van der Waals surface area (Å²) in [5, 5.41) is 31.2. The molecule has 1 saturated carbocycles. The fraction of sp³-hybridized carbons (Fsp3) is 0.478. The number of esters is 1. The van der Waals surface area contributed by atoms with Crippen LogP contribution in [0, 0.1) is 17.8 Å². The number of anilines is 1. The summed E-state index contributed by atoms with van der Waals surface area (Å²) in [6.45, 7) is 6.91. The van der Waals surface area contributed by atoms with E-state index in [0.717, 1.165) is 13.1 Å². The highest BCUT2D eigenvalue weighted by atomic mass is 35.5. The number of ether oxygens (including phenoxy) is 1. The number of piperidine rings is 1. The molecule has 2 heterocycles. The Kier molecular flexibility index (Phi) is 6.87. The second kappa shape index (κ2) is 9.57. The molecule has 2 fully saturated rings. The number of nitrogens with one attached hydrogen (secondary N) is 1. The molecule has 0 bridgehead atoms. The van der Waals surface area contributed by atoms with E-state index in [0.29, 0.717) is 35.7 Å². The molecular formula is C23H27ClN4O7. The number of aliphatic carboxylic acids is 1. The number of carboxylic acid groups (broad SMARTS) is 1. The third-order valence-corrected chi connectivity index (χ3v) is 7.13. The quantitative estimate of drug-likeness (QED) is 0.250. The minimum absolute atomic E-state index is 0.116. The molecule has 0 spiro atoms. The van der Waals surface area contributed by atoms with Gasteiger partial charge in [-0.05, 0) is 43.7 Å². The van der Waals surface area contributed by atoms with Gasteiger partial charge in [0.05, 0.1) is 21.8 Å². The van der Waals surface area contributed by atoms with Crippen molar-refractivity contribution in [2.24, 2.45) is 17.8 Å². The zero-order chi connectivity index (χ0) is 25.6. The molecule has 1 amide bonds. The third kappa shape index (κ3) is 4.90. The standard InChI is InChI=1S/C23H27ClN4O7/c1-9(2)28-7-13-12(14(13)8-28)6-26-21(31)11-5-15(24)17(25)10-3-4-16(27-18(10)11)35-23(34)20(30)19(29)22(32)33/h3-5,9,12-14,19-20,29-30H,6-8,25H2,1-2H3,(H,26,31)(H,32,33). The Morgan fingerprint density at radius 3 is 2.49 bits per heavy atom. The number of aromatic nitrogens is 1. The number of hydrogen-bond donors (Lipinski definition) is 5. The molecule has 1 aliphatic heterocycles. The van der Waals surface area contributed by atoms with Crippen molar-refractivity contribution in [1.82, 2.24) is 15.2 Å². The highest BCUT2D eigenvalue weighted by Gasteiger charge is 2.55. The molecule has 4 unspecified atom stereocenters. The van der Waals surface area contributed by atoms with Crippen LogP contribution in [0.2, 0.25) is 5.02 Å². The maximum Gasteiger partial charge on any atom is 0.345 e. The van der Waals surface area contributed by atoms with E-state index in [2.05, 4.69) is 29.0 Å². The van der Waals surface area contributed by atoms with Crippen LogP contribution in [0.4, 0.5) is 5.69 Å². The summed E-state index contributed by atoms with van der Waals surface area (Å²) >= 11 is 6.23. The van der Waals surface area contributed by atoms with Gasteiger partial charge in [-0.2, -0.15) is 0 Å². The number of amides is 1. The summed E-state index contributed by atoms with van der Waals surface area (Å²) in [6.07, 6.45) is -4.69. The summed E-state index contributed by atoms with van der Waals surface area (Å²) in [5.74, 6) is -2.40. The first-order valence-corrected chi connectivity index (χ1v) is 11.6. The van der Waals surface area contributed by atoms with Gasteiger partial charge in [0.1, 0.15) is 0 Å². The molecule has 0 radical (unpaired) electrons. The number of aliphatic hydroxyl groups excluding tert-OH is 2. The molecule has 12 heteroatoms. The van der Waals surface area contributed by atoms with Crippen LogP contribution in [0.1, 0.15) is 24.2 Å². The van der Waals surface area contributed by atoms with Crippen molar-refractivity contribution < 1.29 is 34.4 Å². The Labute approximate surface area is 205 Å². The van der Waals surface area contributed by atoms with Crippen LogP contribution in [0.5, 0.6) is 5.88 Å². The van der Waals surface area contributed by atoms with Crippen LogP contribution in [0.25, 0.3) is 10.9 Å². The zero-order valence-electron chi connectivity index (χ0n) is 19.1. The van der Waals surface area contributed by atoms with Crippen LogP contribution >= 0.6 is 11.6 Å². The second-order valence-corrected chi connectivity index (χ2v) is 9.67. The fourth-order valence-electron chi connectivity index (χ4n) is 4.63. The summed E-state index contributed by atoms with van der Waals surface area (Å²) in [4.78, 5) is 42.4. The predicted molar refractivity (Wildman–Crippen MR) is 126 cm³/mol. The number of aliphatic hydroxyl groups is 2. The Balaban J connectivity index is 1.50. The number of benzene rings is 1. The van der Waals surface area contributed by atoms with E-state index >= 15 is 0 Å². The molecule has 1 aromatic heterocycles. The van der Waals surface area contributed by atoms with Crippen LogP contribution in [0.3, 0.4) is 0 Å². The maximum absolute atomic E-state index is 13.0. The monoisotopic (exact) mass is 506 g/mol. The Hall–Kier alpha value is -2.99. The molecule has 1 saturated heterocycles. The summed E-state index contributed by atoms with van der Waals surface area (Å²) in [6, 6.07) is 4.57. The Morgan fingerprint density at radius 2 is 1.89 bits per heavy atom. The summed E-state index contributed by atoms with van der Waals surface area (Å²) in [7, 11) is 0. The number of nitrogens with two attached hydrogens (primary N) is 1. The third-order valence-electron chi connectivity index (χ3n) is 6.81. The molecule has 4 atom stereocenters. The van der Waals surface area contributed by atoms with Gasteiger partial charge in [-0.3, -0.25) is 4.79 Å². The molecule has 1 aromatic carbocycles. The molecule has 2 aliphatic rings. The molecule has 4 rings (SSSR count). The second-order valence-electron chi connectivity index (χ2n) is 9.26. The molecule has 2 aromatic rings. The van der Waals surface area contributed by atoms with Crippen molar-refractivity contribution in [3.05, 3.63) is 28.8 Å². The first-order chi connectivity index (χ1) is 16.5. The van der Waals surface area contributed by atoms with Crippen molar-refractivity contribution in [3.8, 4) is 5.88 Å². The highest BCUT2D eigenvalue weighted by molar-refractivity contribution is 6.35. The largest absolute Gasteiger partial charge is 0.479 e. The lowest BCUT2D eigenvalue weighted by molar-refractivity contribution is -0.164. The number of carboxylic acids is 1. The predicted octanol–water partition coefficient (Wildman–Crippen LogP) is 0.498. The summed E-state index contributed by atoms with van der Waals surface area (Å²) in [5.41, 5.74) is 6.45. The van der Waals surface area contributed by atoms with Gasteiger partial charge < -0.3 is 36.0 Å². The van der Waals surface area contributed by atoms with Gasteiger partial charge in [-0.1, -0.05) is 11.6 Å². The number of carbonyl (C=O) groups is 3. The number of fused-ring (bicyclic) bond motifs is 2. The number of pyridine rings is 1. The van der Waals surface area contributed by atoms with Crippen LogP contribution in [-0.2, 0) is 9.59 Å². The molecule has 6 N–H and O–H groups in total. The van der Waals surface area contributed by atoms with E-state index in [1.54, 1.807) is 0 Å². The number of halogens is 1. The number of nitrogen functional groups attached to an aromatic ring is 1. The lowest BCUT2D eigenvalue weighted by Gasteiger charge is -2.23. The van der Waals surface area contributed by atoms with E-state index < -0.39 is 30.1 Å². The highest BCUT2D eigenvalue weighted by Crippen LogP contribution is 2.51. The fourth-order valence-corrected chi connectivity index (χ4v) is 4.85. The Morgan fingerprint density at radius 1 is 1.23 bits per heavy atom. The van der Waals surface area contributed by atoms with Crippen LogP contribution in [-0.4, -0.2) is 80.9 Å². The van der Waals surface area contributed by atoms with E-state index in [9.17, 15) is 24.6 Å². The van der Waals surface area contributed by atoms with Gasteiger partial charge in [-0.15, -0.1) is 0 Å². The van der Waals surface area contributed by atoms with Crippen molar-refractivity contribution >= 4 is 46.0 Å². The van der Waals surface area contributed by atoms with Crippen LogP contribution < -0.4 is 15.8 Å². The number of hydrogen-bond acceptors (Lipinski definition) is 9. The molecule has 1 aliphatic carbocycles. The van der Waals surface area contributed by atoms with E-state index in [4.69, 9.17) is 27.2 Å². The number of likely N-dealkylation sites (tertiary alicyclic amines) is 1. The van der Waals surface area contributed by atoms with E-state index in [1.165, 1.54) is 18.2 Å². The average Bonchev–Trinajstić information content (AvgIpc) is 3.26. The molecule has 35 heavy (non-hydrogen) atoms. The maximum atomic E-state index is 13.0. The first kappa shape index (κ1) is 25.1. The van der Waals surface area contributed by atoms with Crippen molar-refractivity contribution in [2.45, 2.75) is 32.1 Å². The topological polar surface area (TPSA) is 175 Å². The van der Waals surface area contributed by atoms with Crippen LogP contribution in [0.15, 0.2) is 18.2 Å². The van der Waals surface area contributed by atoms with Gasteiger partial charge in [0.15, 0.2) is 12.2 Å². The minimum atomic E-state index is -2.37. The number of rotatable bonds is 8. The first-order valence-electron chi connectivity index (χ1n) is 11.2. The van der Waals surface area contributed by atoms with Gasteiger partial charge in [-0.25, -0.2) is 14.6 Å². The smallest absolute Gasteiger partial charge is 0.345 e. The van der Waals surface area contributed by atoms with Crippen molar-refractivity contribution in [1.29, 1.82) is 0 Å². The SMILES string of the molecule is CC(C)N1CC2C(CNC(=O)c3cc(Cl)c(N)c4ccc(OC(=O)C(O)C(O)C(=O)O)nc34)C2C1. The van der Waals surface area contributed by atoms with Crippen molar-refractivity contribution in [3.63, 3.8) is 0 Å². The zero-order valence-corrected chi connectivity index (χ0v) is 19.9. The van der Waals surface area contributed by atoms with Gasteiger partial charge in [0.2, 0.25) is 5.88 Å². The van der Waals surface area contributed by atoms with Crippen molar-refractivity contribution in [2.75, 3.05) is 25.4 Å². The van der Waals surface area contributed by atoms with E-state index in [-0.39, 0.29) is 27.7 Å². The van der Waals surface area contributed by atoms with Gasteiger partial charge >= 0.3 is 11.9 Å². The molecular weight excluding hydrogens is 480 g/mol. The number of carbonyl (C=O) groups excluding carboxylic acids is 2. The van der Waals surface area contributed by atoms with Gasteiger partial charge in [0, 0.05) is 37.1 Å². The summed E-state index contributed by atoms with van der Waals surface area (Å²) < 4.78 is 4.91. The normalized spacial score (nSPS) is 23.1.